The van der Waals surface area contributed by atoms with Gasteiger partial charge in [-0.25, -0.2) is 4.39 Å². The standard InChI is InChI=1S/C13H8BrCl2FO/c14-9-4-8(5-10(17)6-9)7-18-13-11(15)2-1-3-12(13)16/h1-6H,7H2. The Balaban J connectivity index is 2.16. The SMILES string of the molecule is Fc1cc(Br)cc(COc2c(Cl)cccc2Cl)c1. The van der Waals surface area contributed by atoms with E-state index in [1.54, 1.807) is 24.3 Å². The fourth-order valence-corrected chi connectivity index (χ4v) is 2.49. The Morgan fingerprint density at radius 2 is 1.78 bits per heavy atom. The highest BCUT2D eigenvalue weighted by Crippen LogP contribution is 2.33. The highest BCUT2D eigenvalue weighted by atomic mass is 79.9. The minimum Gasteiger partial charge on any atom is -0.486 e. The third-order valence-electron chi connectivity index (χ3n) is 2.22. The van der Waals surface area contributed by atoms with Crippen molar-refractivity contribution in [2.24, 2.45) is 0 Å². The van der Waals surface area contributed by atoms with E-state index in [-0.39, 0.29) is 12.4 Å². The minimum absolute atomic E-state index is 0.194. The van der Waals surface area contributed by atoms with Crippen LogP contribution in [-0.4, -0.2) is 0 Å². The van der Waals surface area contributed by atoms with E-state index in [9.17, 15) is 4.39 Å². The quantitative estimate of drug-likeness (QED) is 0.713. The molecule has 0 aromatic heterocycles. The zero-order valence-electron chi connectivity index (χ0n) is 9.09. The van der Waals surface area contributed by atoms with Gasteiger partial charge in [-0.15, -0.1) is 0 Å². The summed E-state index contributed by atoms with van der Waals surface area (Å²) in [6.45, 7) is 0.194. The van der Waals surface area contributed by atoms with E-state index in [1.807, 2.05) is 0 Å². The Morgan fingerprint density at radius 1 is 1.11 bits per heavy atom. The monoisotopic (exact) mass is 348 g/mol. The first-order valence-corrected chi connectivity index (χ1v) is 6.63. The molecule has 0 N–H and O–H groups in total. The zero-order chi connectivity index (χ0) is 13.1. The molecule has 18 heavy (non-hydrogen) atoms. The first kappa shape index (κ1) is 13.7. The van der Waals surface area contributed by atoms with Gasteiger partial charge in [0.25, 0.3) is 0 Å². The molecule has 0 aliphatic heterocycles. The molecule has 2 rings (SSSR count). The van der Waals surface area contributed by atoms with Crippen LogP contribution in [0.3, 0.4) is 0 Å². The molecule has 0 saturated carbocycles. The van der Waals surface area contributed by atoms with Crippen molar-refractivity contribution >= 4 is 39.1 Å². The number of ether oxygens (including phenoxy) is 1. The van der Waals surface area contributed by atoms with Crippen molar-refractivity contribution in [2.45, 2.75) is 6.61 Å². The van der Waals surface area contributed by atoms with E-state index < -0.39 is 0 Å². The molecule has 0 bridgehead atoms. The van der Waals surface area contributed by atoms with Crippen molar-refractivity contribution in [3.8, 4) is 5.75 Å². The second-order valence-electron chi connectivity index (χ2n) is 3.62. The van der Waals surface area contributed by atoms with Crippen LogP contribution in [0, 0.1) is 5.82 Å². The van der Waals surface area contributed by atoms with Gasteiger partial charge < -0.3 is 4.74 Å². The van der Waals surface area contributed by atoms with Crippen LogP contribution in [0.15, 0.2) is 40.9 Å². The smallest absolute Gasteiger partial charge is 0.156 e. The van der Waals surface area contributed by atoms with Crippen LogP contribution >= 0.6 is 39.1 Å². The maximum atomic E-state index is 13.2. The molecule has 0 radical (unpaired) electrons. The first-order chi connectivity index (χ1) is 8.56. The fourth-order valence-electron chi connectivity index (χ4n) is 1.47. The molecule has 0 heterocycles. The summed E-state index contributed by atoms with van der Waals surface area (Å²) in [5.74, 6) is 0.0782. The van der Waals surface area contributed by atoms with E-state index >= 15 is 0 Å². The highest BCUT2D eigenvalue weighted by molar-refractivity contribution is 9.10. The molecular weight excluding hydrogens is 342 g/mol. The Bertz CT molecular complexity index is 534. The van der Waals surface area contributed by atoms with E-state index in [0.717, 1.165) is 0 Å². The minimum atomic E-state index is -0.326. The molecule has 0 unspecified atom stereocenters. The van der Waals surface area contributed by atoms with Gasteiger partial charge in [-0.05, 0) is 35.9 Å². The van der Waals surface area contributed by atoms with Crippen molar-refractivity contribution in [1.82, 2.24) is 0 Å². The lowest BCUT2D eigenvalue weighted by atomic mass is 10.2. The summed E-state index contributed by atoms with van der Waals surface area (Å²) in [6.07, 6.45) is 0. The van der Waals surface area contributed by atoms with Gasteiger partial charge >= 0.3 is 0 Å². The highest BCUT2D eigenvalue weighted by Gasteiger charge is 2.07. The molecule has 0 aliphatic carbocycles. The van der Waals surface area contributed by atoms with Crippen LogP contribution in [0.1, 0.15) is 5.56 Å². The second-order valence-corrected chi connectivity index (χ2v) is 5.35. The summed E-state index contributed by atoms with van der Waals surface area (Å²) in [6, 6.07) is 9.65. The summed E-state index contributed by atoms with van der Waals surface area (Å²) in [5.41, 5.74) is 0.692. The zero-order valence-corrected chi connectivity index (χ0v) is 12.2. The number of halogens is 4. The van der Waals surface area contributed by atoms with Gasteiger partial charge in [0.2, 0.25) is 0 Å². The van der Waals surface area contributed by atoms with E-state index in [4.69, 9.17) is 27.9 Å². The van der Waals surface area contributed by atoms with Crippen LogP contribution in [0.25, 0.3) is 0 Å². The van der Waals surface area contributed by atoms with Gasteiger partial charge in [0.15, 0.2) is 5.75 Å². The van der Waals surface area contributed by atoms with E-state index in [1.165, 1.54) is 12.1 Å². The van der Waals surface area contributed by atoms with Crippen LogP contribution in [0.4, 0.5) is 4.39 Å². The number of hydrogen-bond donors (Lipinski definition) is 0. The van der Waals surface area contributed by atoms with Gasteiger partial charge in [0.1, 0.15) is 12.4 Å². The lowest BCUT2D eigenvalue weighted by Crippen LogP contribution is -1.97. The molecule has 1 nitrogen and oxygen atoms in total. The maximum Gasteiger partial charge on any atom is 0.156 e. The number of hydrogen-bond acceptors (Lipinski definition) is 1. The lowest BCUT2D eigenvalue weighted by Gasteiger charge is -2.10. The van der Waals surface area contributed by atoms with Crippen molar-refractivity contribution < 1.29 is 9.13 Å². The molecule has 0 fully saturated rings. The maximum absolute atomic E-state index is 13.2. The lowest BCUT2D eigenvalue weighted by molar-refractivity contribution is 0.306. The van der Waals surface area contributed by atoms with Crippen LogP contribution in [0.5, 0.6) is 5.75 Å². The molecule has 94 valence electrons. The molecule has 2 aromatic rings. The summed E-state index contributed by atoms with van der Waals surface area (Å²) >= 11 is 15.2. The molecule has 5 heteroatoms. The predicted molar refractivity (Wildman–Crippen MR) is 74.9 cm³/mol. The Labute approximate surface area is 123 Å². The third kappa shape index (κ3) is 3.37. The summed E-state index contributed by atoms with van der Waals surface area (Å²) in [7, 11) is 0. The summed E-state index contributed by atoms with van der Waals surface area (Å²) in [5, 5.41) is 0.857. The number of benzene rings is 2. The topological polar surface area (TPSA) is 9.23 Å². The molecular formula is C13H8BrCl2FO. The molecule has 0 amide bonds. The Hall–Kier alpha value is -0.770. The number of rotatable bonds is 3. The van der Waals surface area contributed by atoms with E-state index in [0.29, 0.717) is 25.8 Å². The van der Waals surface area contributed by atoms with Gasteiger partial charge in [-0.1, -0.05) is 45.2 Å². The normalized spacial score (nSPS) is 10.4. The van der Waals surface area contributed by atoms with Gasteiger partial charge in [-0.3, -0.25) is 0 Å². The molecule has 2 aromatic carbocycles. The predicted octanol–water partition coefficient (Wildman–Crippen LogP) is 5.47. The molecule has 0 aliphatic rings. The molecule has 0 saturated heterocycles. The van der Waals surface area contributed by atoms with Crippen molar-refractivity contribution in [3.05, 3.63) is 62.3 Å². The average Bonchev–Trinajstić information content (AvgIpc) is 2.27. The fraction of sp³-hybridized carbons (Fsp3) is 0.0769. The van der Waals surface area contributed by atoms with Crippen molar-refractivity contribution in [2.75, 3.05) is 0 Å². The second kappa shape index (κ2) is 5.91. The summed E-state index contributed by atoms with van der Waals surface area (Å²) in [4.78, 5) is 0. The third-order valence-corrected chi connectivity index (χ3v) is 3.28. The first-order valence-electron chi connectivity index (χ1n) is 5.08. The van der Waals surface area contributed by atoms with Gasteiger partial charge in [0.05, 0.1) is 10.0 Å². The molecule has 0 spiro atoms. The van der Waals surface area contributed by atoms with Gasteiger partial charge in [0, 0.05) is 4.47 Å². The number of para-hydroxylation sites is 1. The van der Waals surface area contributed by atoms with Crippen molar-refractivity contribution in [3.63, 3.8) is 0 Å². The van der Waals surface area contributed by atoms with Crippen LogP contribution < -0.4 is 4.74 Å². The van der Waals surface area contributed by atoms with Crippen LogP contribution in [-0.2, 0) is 6.61 Å². The van der Waals surface area contributed by atoms with Gasteiger partial charge in [-0.2, -0.15) is 0 Å². The average molecular weight is 350 g/mol. The molecule has 0 atom stereocenters. The summed E-state index contributed by atoms with van der Waals surface area (Å²) < 4.78 is 19.3. The Kier molecular flexibility index (Phi) is 4.49. The van der Waals surface area contributed by atoms with E-state index in [2.05, 4.69) is 15.9 Å². The van der Waals surface area contributed by atoms with Crippen molar-refractivity contribution in [1.29, 1.82) is 0 Å². The largest absolute Gasteiger partial charge is 0.486 e. The van der Waals surface area contributed by atoms with Crippen LogP contribution in [0.2, 0.25) is 10.0 Å². The Morgan fingerprint density at radius 3 is 2.39 bits per heavy atom.